The van der Waals surface area contributed by atoms with Crippen molar-refractivity contribution in [1.82, 2.24) is 10.2 Å². The summed E-state index contributed by atoms with van der Waals surface area (Å²) in [5.74, 6) is -0.319. The number of rotatable bonds is 8. The molecule has 0 aliphatic carbocycles. The summed E-state index contributed by atoms with van der Waals surface area (Å²) in [6, 6.07) is 17.7. The van der Waals surface area contributed by atoms with Crippen LogP contribution in [0.25, 0.3) is 6.08 Å². The molecule has 3 amide bonds. The maximum atomic E-state index is 13.0. The third-order valence-corrected chi connectivity index (χ3v) is 5.38. The minimum absolute atomic E-state index is 0.00786. The van der Waals surface area contributed by atoms with Gasteiger partial charge in [-0.15, -0.1) is 0 Å². The highest BCUT2D eigenvalue weighted by Crippen LogP contribution is 2.29. The van der Waals surface area contributed by atoms with Gasteiger partial charge in [-0.3, -0.25) is 9.69 Å². The van der Waals surface area contributed by atoms with E-state index in [4.69, 9.17) is 9.15 Å². The molecule has 9 nitrogen and oxygen atoms in total. The van der Waals surface area contributed by atoms with Crippen LogP contribution in [0.3, 0.4) is 0 Å². The van der Waals surface area contributed by atoms with Crippen LogP contribution in [0.4, 0.5) is 10.5 Å². The molecule has 0 radical (unpaired) electrons. The molecule has 2 aromatic carbocycles. The minimum Gasteiger partial charge on any atom is -0.488 e. The lowest BCUT2D eigenvalue weighted by atomic mass is 10.1. The van der Waals surface area contributed by atoms with Gasteiger partial charge in [-0.25, -0.2) is 9.59 Å². The van der Waals surface area contributed by atoms with Gasteiger partial charge in [0.15, 0.2) is 0 Å². The number of carbonyl (C=O) groups excluding carboxylic acids is 3. The molecule has 1 saturated heterocycles. The summed E-state index contributed by atoms with van der Waals surface area (Å²) >= 11 is 0. The van der Waals surface area contributed by atoms with Crippen molar-refractivity contribution in [3.05, 3.63) is 89.0 Å². The summed E-state index contributed by atoms with van der Waals surface area (Å²) in [5.41, 5.74) is 2.68. The van der Waals surface area contributed by atoms with Crippen LogP contribution in [-0.2, 0) is 22.7 Å². The highest BCUT2D eigenvalue weighted by molar-refractivity contribution is 6.14. The van der Waals surface area contributed by atoms with E-state index in [2.05, 4.69) is 10.1 Å². The molecule has 4 rings (SSSR count). The molecular formula is C26H25N3O6. The number of urea groups is 1. The number of anilines is 1. The van der Waals surface area contributed by atoms with Gasteiger partial charge in [-0.1, -0.05) is 30.3 Å². The van der Waals surface area contributed by atoms with Gasteiger partial charge in [-0.2, -0.15) is 0 Å². The number of ether oxygens (including phenoxy) is 2. The first-order valence-electron chi connectivity index (χ1n) is 10.9. The van der Waals surface area contributed by atoms with E-state index < -0.39 is 17.9 Å². The van der Waals surface area contributed by atoms with Gasteiger partial charge in [0.05, 0.1) is 13.7 Å². The Morgan fingerprint density at radius 1 is 1.09 bits per heavy atom. The number of methoxy groups -OCH3 is 1. The predicted octanol–water partition coefficient (Wildman–Crippen LogP) is 3.80. The standard InChI is InChI=1S/C26H25N3O6/c1-28(2)19-10-9-18(23(14-19)34-16-17-7-5-4-6-8-17)13-21-24(30)29(26(32)27-21)15-20-11-12-22(35-20)25(31)33-3/h4-14H,15-16H2,1-3H3,(H,27,32). The van der Waals surface area contributed by atoms with Crippen molar-refractivity contribution in [3.63, 3.8) is 0 Å². The third-order valence-electron chi connectivity index (χ3n) is 5.38. The van der Waals surface area contributed by atoms with Crippen molar-refractivity contribution in [1.29, 1.82) is 0 Å². The quantitative estimate of drug-likeness (QED) is 0.300. The van der Waals surface area contributed by atoms with E-state index in [0.29, 0.717) is 17.9 Å². The second-order valence-electron chi connectivity index (χ2n) is 8.03. The number of carbonyl (C=O) groups is 3. The second-order valence-corrected chi connectivity index (χ2v) is 8.03. The summed E-state index contributed by atoms with van der Waals surface area (Å²) < 4.78 is 16.1. The molecule has 0 saturated carbocycles. The highest BCUT2D eigenvalue weighted by Gasteiger charge is 2.34. The van der Waals surface area contributed by atoms with Crippen LogP contribution in [0.15, 0.2) is 70.8 Å². The fraction of sp³-hybridized carbons (Fsp3) is 0.192. The number of amides is 3. The van der Waals surface area contributed by atoms with Crippen molar-refractivity contribution in [3.8, 4) is 5.75 Å². The van der Waals surface area contributed by atoms with Gasteiger partial charge in [-0.05, 0) is 35.9 Å². The van der Waals surface area contributed by atoms with Gasteiger partial charge >= 0.3 is 12.0 Å². The minimum atomic E-state index is -0.641. The molecule has 1 aliphatic heterocycles. The zero-order chi connectivity index (χ0) is 24.9. The molecule has 0 spiro atoms. The van der Waals surface area contributed by atoms with Crippen LogP contribution in [0.5, 0.6) is 5.75 Å². The molecular weight excluding hydrogens is 450 g/mol. The first-order valence-corrected chi connectivity index (χ1v) is 10.9. The average molecular weight is 476 g/mol. The number of esters is 1. The van der Waals surface area contributed by atoms with Gasteiger partial charge in [0, 0.05) is 31.4 Å². The van der Waals surface area contributed by atoms with Crippen molar-refractivity contribution in [2.75, 3.05) is 26.1 Å². The second kappa shape index (κ2) is 10.2. The lowest BCUT2D eigenvalue weighted by Gasteiger charge is -2.16. The molecule has 1 fully saturated rings. The maximum absolute atomic E-state index is 13.0. The first kappa shape index (κ1) is 23.6. The number of hydrogen-bond donors (Lipinski definition) is 1. The number of imide groups is 1. The zero-order valence-corrected chi connectivity index (χ0v) is 19.6. The Bertz CT molecular complexity index is 1280. The zero-order valence-electron chi connectivity index (χ0n) is 19.6. The molecule has 1 aromatic heterocycles. The smallest absolute Gasteiger partial charge is 0.373 e. The van der Waals surface area contributed by atoms with E-state index in [9.17, 15) is 14.4 Å². The largest absolute Gasteiger partial charge is 0.488 e. The topological polar surface area (TPSA) is 101 Å². The monoisotopic (exact) mass is 475 g/mol. The SMILES string of the molecule is COC(=O)c1ccc(CN2C(=O)NC(=Cc3ccc(N(C)C)cc3OCc3ccccc3)C2=O)o1. The van der Waals surface area contributed by atoms with E-state index in [1.165, 1.54) is 19.2 Å². The normalized spacial score (nSPS) is 14.3. The Balaban J connectivity index is 1.56. The summed E-state index contributed by atoms with van der Waals surface area (Å²) in [4.78, 5) is 40.0. The van der Waals surface area contributed by atoms with Gasteiger partial charge < -0.3 is 24.1 Å². The molecule has 35 heavy (non-hydrogen) atoms. The molecule has 180 valence electrons. The molecule has 0 unspecified atom stereocenters. The Morgan fingerprint density at radius 3 is 2.57 bits per heavy atom. The third kappa shape index (κ3) is 5.35. The number of furan rings is 1. The van der Waals surface area contributed by atoms with Crippen LogP contribution >= 0.6 is 0 Å². The van der Waals surface area contributed by atoms with Crippen molar-refractivity contribution >= 4 is 29.7 Å². The van der Waals surface area contributed by atoms with Gasteiger partial charge in [0.2, 0.25) is 5.76 Å². The Morgan fingerprint density at radius 2 is 1.86 bits per heavy atom. The Hall–Kier alpha value is -4.53. The fourth-order valence-electron chi connectivity index (χ4n) is 3.48. The predicted molar refractivity (Wildman–Crippen MR) is 129 cm³/mol. The van der Waals surface area contributed by atoms with Crippen LogP contribution in [0, 0.1) is 0 Å². The number of nitrogens with one attached hydrogen (secondary N) is 1. The maximum Gasteiger partial charge on any atom is 0.373 e. The average Bonchev–Trinajstić information content (AvgIpc) is 3.44. The Labute approximate surface area is 202 Å². The van der Waals surface area contributed by atoms with Crippen molar-refractivity contribution in [2.24, 2.45) is 0 Å². The van der Waals surface area contributed by atoms with E-state index in [1.807, 2.05) is 67.5 Å². The molecule has 0 atom stereocenters. The number of hydrogen-bond acceptors (Lipinski definition) is 7. The lowest BCUT2D eigenvalue weighted by molar-refractivity contribution is -0.123. The Kier molecular flexibility index (Phi) is 6.86. The summed E-state index contributed by atoms with van der Waals surface area (Å²) in [6.45, 7) is 0.220. The van der Waals surface area contributed by atoms with Crippen molar-refractivity contribution < 1.29 is 28.3 Å². The van der Waals surface area contributed by atoms with Crippen LogP contribution < -0.4 is 15.0 Å². The van der Waals surface area contributed by atoms with Crippen LogP contribution in [0.1, 0.15) is 27.4 Å². The van der Waals surface area contributed by atoms with Gasteiger partial charge in [0.25, 0.3) is 5.91 Å². The van der Waals surface area contributed by atoms with E-state index in [1.54, 1.807) is 6.08 Å². The summed E-state index contributed by atoms with van der Waals surface area (Å²) in [5, 5.41) is 2.60. The van der Waals surface area contributed by atoms with E-state index in [0.717, 1.165) is 16.2 Å². The first-order chi connectivity index (χ1) is 16.9. The van der Waals surface area contributed by atoms with E-state index >= 15 is 0 Å². The van der Waals surface area contributed by atoms with Crippen LogP contribution in [-0.4, -0.2) is 44.0 Å². The van der Waals surface area contributed by atoms with E-state index in [-0.39, 0.29) is 23.8 Å². The lowest BCUT2D eigenvalue weighted by Crippen LogP contribution is -2.30. The summed E-state index contributed by atoms with van der Waals surface area (Å²) in [6.07, 6.45) is 1.59. The molecule has 1 aliphatic rings. The molecule has 1 N–H and O–H groups in total. The molecule has 9 heteroatoms. The van der Waals surface area contributed by atoms with Crippen LogP contribution in [0.2, 0.25) is 0 Å². The fourth-order valence-corrected chi connectivity index (χ4v) is 3.48. The molecule has 3 aromatic rings. The molecule has 2 heterocycles. The number of benzene rings is 2. The van der Waals surface area contributed by atoms with Gasteiger partial charge in [0.1, 0.15) is 23.8 Å². The molecule has 0 bridgehead atoms. The number of nitrogens with zero attached hydrogens (tertiary/aromatic N) is 2. The summed E-state index contributed by atoms with van der Waals surface area (Å²) in [7, 11) is 5.09. The van der Waals surface area contributed by atoms with Crippen molar-refractivity contribution in [2.45, 2.75) is 13.2 Å². The highest BCUT2D eigenvalue weighted by atomic mass is 16.5.